The van der Waals surface area contributed by atoms with Crippen LogP contribution in [0.4, 0.5) is 13.2 Å². The van der Waals surface area contributed by atoms with Crippen molar-refractivity contribution >= 4 is 28.0 Å². The van der Waals surface area contributed by atoms with E-state index in [-0.39, 0.29) is 22.3 Å². The summed E-state index contributed by atoms with van der Waals surface area (Å²) < 4.78 is 42.4. The monoisotopic (exact) mass is 363 g/mol. The zero-order chi connectivity index (χ0) is 16.0. The number of benzene rings is 1. The van der Waals surface area contributed by atoms with Crippen molar-refractivity contribution in [3.8, 4) is 0 Å². The molecule has 0 amide bonds. The summed E-state index contributed by atoms with van der Waals surface area (Å²) in [6, 6.07) is 2.87. The standard InChI is InChI=1S/C12H9BrF3N3O2/c1-2-21-11(20)10(18-19-17)5-7-3-4-8(6-9(7)13)12(14,15)16/h3-6H,2H2,1H3/b10-5-. The van der Waals surface area contributed by atoms with Crippen LogP contribution in [0.3, 0.4) is 0 Å². The predicted octanol–water partition coefficient (Wildman–Crippen LogP) is 4.68. The minimum absolute atomic E-state index is 0.0747. The quantitative estimate of drug-likeness (QED) is 0.256. The summed E-state index contributed by atoms with van der Waals surface area (Å²) in [6.45, 7) is 1.64. The second kappa shape index (κ2) is 7.14. The van der Waals surface area contributed by atoms with E-state index in [1.54, 1.807) is 6.92 Å². The lowest BCUT2D eigenvalue weighted by Crippen LogP contribution is -2.06. The van der Waals surface area contributed by atoms with E-state index < -0.39 is 17.7 Å². The fourth-order valence-corrected chi connectivity index (χ4v) is 1.84. The highest BCUT2D eigenvalue weighted by Crippen LogP contribution is 2.32. The van der Waals surface area contributed by atoms with Gasteiger partial charge < -0.3 is 4.74 Å². The number of carbonyl (C=O) groups is 1. The van der Waals surface area contributed by atoms with Crippen LogP contribution in [0.1, 0.15) is 18.1 Å². The number of nitrogens with zero attached hydrogens (tertiary/aromatic N) is 3. The van der Waals surface area contributed by atoms with Gasteiger partial charge in [-0.2, -0.15) is 13.2 Å². The Bertz CT molecular complexity index is 623. The number of halogens is 4. The topological polar surface area (TPSA) is 75.1 Å². The smallest absolute Gasteiger partial charge is 0.416 e. The molecule has 1 aromatic carbocycles. The normalized spacial score (nSPS) is 11.8. The van der Waals surface area contributed by atoms with E-state index in [9.17, 15) is 18.0 Å². The second-order valence-electron chi connectivity index (χ2n) is 3.67. The fraction of sp³-hybridized carbons (Fsp3) is 0.250. The van der Waals surface area contributed by atoms with Crippen molar-refractivity contribution in [2.75, 3.05) is 6.61 Å². The van der Waals surface area contributed by atoms with Crippen LogP contribution in [0, 0.1) is 0 Å². The molecule has 0 atom stereocenters. The molecule has 0 aliphatic carbocycles. The SMILES string of the molecule is CCOC(=O)/C(=C/c1ccc(C(F)(F)F)cc1Br)N=[N+]=[N-]. The molecule has 112 valence electrons. The largest absolute Gasteiger partial charge is 0.462 e. The molecule has 1 aromatic rings. The Hall–Kier alpha value is -1.99. The molecule has 0 spiro atoms. The Kier molecular flexibility index (Phi) is 5.80. The average Bonchev–Trinajstić information content (AvgIpc) is 2.39. The number of rotatable bonds is 4. The Balaban J connectivity index is 3.22. The number of hydrogen-bond donors (Lipinski definition) is 0. The van der Waals surface area contributed by atoms with Gasteiger partial charge in [-0.15, -0.1) is 0 Å². The van der Waals surface area contributed by atoms with Gasteiger partial charge in [-0.3, -0.25) is 0 Å². The van der Waals surface area contributed by atoms with Crippen molar-refractivity contribution in [3.63, 3.8) is 0 Å². The molecule has 0 aliphatic rings. The molecule has 0 N–H and O–H groups in total. The van der Waals surface area contributed by atoms with E-state index in [1.807, 2.05) is 0 Å². The first kappa shape index (κ1) is 17.1. The number of ether oxygens (including phenoxy) is 1. The molecule has 0 aliphatic heterocycles. The summed E-state index contributed by atoms with van der Waals surface area (Å²) in [4.78, 5) is 14.0. The molecular formula is C12H9BrF3N3O2. The molecule has 0 radical (unpaired) electrons. The van der Waals surface area contributed by atoms with Crippen molar-refractivity contribution in [2.24, 2.45) is 5.11 Å². The van der Waals surface area contributed by atoms with Gasteiger partial charge in [0, 0.05) is 9.38 Å². The van der Waals surface area contributed by atoms with Crippen LogP contribution in [0.15, 0.2) is 33.5 Å². The maximum Gasteiger partial charge on any atom is 0.416 e. The first-order valence-corrected chi connectivity index (χ1v) is 6.39. The number of carbonyl (C=O) groups excluding carboxylic acids is 1. The van der Waals surface area contributed by atoms with Gasteiger partial charge in [0.05, 0.1) is 12.2 Å². The second-order valence-corrected chi connectivity index (χ2v) is 4.53. The number of esters is 1. The van der Waals surface area contributed by atoms with E-state index in [4.69, 9.17) is 5.53 Å². The molecule has 0 heterocycles. The summed E-state index contributed by atoms with van der Waals surface area (Å²) >= 11 is 2.98. The highest BCUT2D eigenvalue weighted by atomic mass is 79.9. The van der Waals surface area contributed by atoms with Crippen LogP contribution in [-0.4, -0.2) is 12.6 Å². The summed E-state index contributed by atoms with van der Waals surface area (Å²) in [5.74, 6) is -0.859. The van der Waals surface area contributed by atoms with Crippen molar-refractivity contribution in [2.45, 2.75) is 13.1 Å². The Morgan fingerprint density at radius 2 is 2.19 bits per heavy atom. The van der Waals surface area contributed by atoms with Crippen LogP contribution >= 0.6 is 15.9 Å². The molecule has 0 bridgehead atoms. The average molecular weight is 364 g/mol. The van der Waals surface area contributed by atoms with Crippen molar-refractivity contribution in [1.29, 1.82) is 0 Å². The number of azide groups is 1. The molecule has 0 saturated heterocycles. The van der Waals surface area contributed by atoms with Gasteiger partial charge in [-0.1, -0.05) is 27.1 Å². The molecule has 21 heavy (non-hydrogen) atoms. The van der Waals surface area contributed by atoms with Crippen LogP contribution < -0.4 is 0 Å². The molecule has 0 fully saturated rings. The molecule has 0 aromatic heterocycles. The number of alkyl halides is 3. The Morgan fingerprint density at radius 3 is 2.67 bits per heavy atom. The van der Waals surface area contributed by atoms with E-state index in [0.29, 0.717) is 0 Å². The minimum atomic E-state index is -4.47. The molecule has 0 unspecified atom stereocenters. The molecule has 0 saturated carbocycles. The zero-order valence-electron chi connectivity index (χ0n) is 10.7. The van der Waals surface area contributed by atoms with Crippen molar-refractivity contribution < 1.29 is 22.7 Å². The van der Waals surface area contributed by atoms with E-state index >= 15 is 0 Å². The summed E-state index contributed by atoms with van der Waals surface area (Å²) in [5, 5.41) is 3.17. The number of hydrogen-bond acceptors (Lipinski definition) is 3. The zero-order valence-corrected chi connectivity index (χ0v) is 12.3. The molecular weight excluding hydrogens is 355 g/mol. The minimum Gasteiger partial charge on any atom is -0.462 e. The first-order chi connectivity index (χ1) is 9.79. The van der Waals surface area contributed by atoms with Crippen molar-refractivity contribution in [1.82, 2.24) is 0 Å². The van der Waals surface area contributed by atoms with Gasteiger partial charge in [0.15, 0.2) is 0 Å². The predicted molar refractivity (Wildman–Crippen MR) is 72.9 cm³/mol. The third-order valence-corrected chi connectivity index (χ3v) is 2.94. The maximum atomic E-state index is 12.5. The van der Waals surface area contributed by atoms with Crippen LogP contribution in [0.5, 0.6) is 0 Å². The molecule has 9 heteroatoms. The highest BCUT2D eigenvalue weighted by molar-refractivity contribution is 9.10. The van der Waals surface area contributed by atoms with Gasteiger partial charge in [0.2, 0.25) is 0 Å². The van der Waals surface area contributed by atoms with Gasteiger partial charge in [-0.05, 0) is 36.2 Å². The third kappa shape index (κ3) is 4.80. The Labute approximate surface area is 126 Å². The molecule has 1 rings (SSSR count). The van der Waals surface area contributed by atoms with Crippen LogP contribution in [0.2, 0.25) is 0 Å². The first-order valence-electron chi connectivity index (χ1n) is 5.60. The Morgan fingerprint density at radius 1 is 1.52 bits per heavy atom. The summed E-state index contributed by atoms with van der Waals surface area (Å²) in [5.41, 5.74) is 7.46. The molecule has 5 nitrogen and oxygen atoms in total. The lowest BCUT2D eigenvalue weighted by Gasteiger charge is -2.08. The summed E-state index contributed by atoms with van der Waals surface area (Å²) in [6.07, 6.45) is -3.33. The van der Waals surface area contributed by atoms with E-state index in [1.165, 1.54) is 0 Å². The lowest BCUT2D eigenvalue weighted by atomic mass is 10.1. The van der Waals surface area contributed by atoms with Gasteiger partial charge >= 0.3 is 12.1 Å². The van der Waals surface area contributed by atoms with E-state index in [0.717, 1.165) is 24.3 Å². The fourth-order valence-electron chi connectivity index (χ4n) is 1.35. The van der Waals surface area contributed by atoms with Gasteiger partial charge in [-0.25, -0.2) is 4.79 Å². The highest BCUT2D eigenvalue weighted by Gasteiger charge is 2.30. The van der Waals surface area contributed by atoms with E-state index in [2.05, 4.69) is 30.7 Å². The third-order valence-electron chi connectivity index (χ3n) is 2.26. The van der Waals surface area contributed by atoms with Gasteiger partial charge in [0.25, 0.3) is 0 Å². The van der Waals surface area contributed by atoms with Crippen LogP contribution in [-0.2, 0) is 15.7 Å². The summed E-state index contributed by atoms with van der Waals surface area (Å²) in [7, 11) is 0. The van der Waals surface area contributed by atoms with Gasteiger partial charge in [0.1, 0.15) is 5.70 Å². The van der Waals surface area contributed by atoms with Crippen molar-refractivity contribution in [3.05, 3.63) is 49.9 Å². The lowest BCUT2D eigenvalue weighted by molar-refractivity contribution is -0.139. The van der Waals surface area contributed by atoms with Crippen LogP contribution in [0.25, 0.3) is 16.5 Å². The maximum absolute atomic E-state index is 12.5.